The van der Waals surface area contributed by atoms with Gasteiger partial charge in [0.15, 0.2) is 0 Å². The number of aromatic amines is 1. The number of fused-ring (bicyclic) bond motifs is 2. The molecule has 0 amide bonds. The van der Waals surface area contributed by atoms with Crippen LogP contribution in [0, 0.1) is 0 Å². The van der Waals surface area contributed by atoms with Gasteiger partial charge in [0, 0.05) is 32.9 Å². The smallest absolute Gasteiger partial charge is 0.275 e. The number of nitrogens with zero attached hydrogens (tertiary/aromatic N) is 6. The Morgan fingerprint density at radius 1 is 1.14 bits per heavy atom. The van der Waals surface area contributed by atoms with Crippen LogP contribution >= 0.6 is 27.7 Å². The summed E-state index contributed by atoms with van der Waals surface area (Å²) in [5.41, 5.74) is 3.28. The van der Waals surface area contributed by atoms with Crippen molar-refractivity contribution in [2.75, 3.05) is 0 Å². The van der Waals surface area contributed by atoms with Crippen molar-refractivity contribution >= 4 is 50.6 Å². The lowest BCUT2D eigenvalue weighted by Crippen LogP contribution is -1.90. The van der Waals surface area contributed by atoms with Crippen molar-refractivity contribution < 1.29 is 0 Å². The second-order valence-electron chi connectivity index (χ2n) is 6.12. The monoisotopic (exact) mass is 451 g/mol. The number of hydrogen-bond donors (Lipinski definition) is 1. The molecule has 0 saturated carbocycles. The molecular weight excluding hydrogens is 438 g/mol. The molecule has 0 aliphatic rings. The molecule has 0 spiro atoms. The second kappa shape index (κ2) is 7.25. The average Bonchev–Trinajstić information content (AvgIpc) is 3.41. The Labute approximate surface area is 172 Å². The van der Waals surface area contributed by atoms with E-state index in [1.165, 1.54) is 5.56 Å². The van der Waals surface area contributed by atoms with E-state index >= 15 is 0 Å². The van der Waals surface area contributed by atoms with Crippen LogP contribution in [-0.2, 0) is 5.75 Å². The lowest BCUT2D eigenvalue weighted by Gasteiger charge is -1.99. The van der Waals surface area contributed by atoms with Crippen LogP contribution in [0.3, 0.4) is 0 Å². The number of benzene rings is 2. The fourth-order valence-corrected chi connectivity index (χ4v) is 4.20. The van der Waals surface area contributed by atoms with Crippen molar-refractivity contribution in [2.45, 2.75) is 10.9 Å². The van der Waals surface area contributed by atoms with E-state index in [9.17, 15) is 0 Å². The summed E-state index contributed by atoms with van der Waals surface area (Å²) in [6.45, 7) is 0. The minimum Gasteiger partial charge on any atom is -0.361 e. The zero-order valence-corrected chi connectivity index (χ0v) is 16.9. The second-order valence-corrected chi connectivity index (χ2v) is 7.98. The molecule has 138 valence electrons. The molecule has 0 bridgehead atoms. The predicted molar refractivity (Wildman–Crippen MR) is 114 cm³/mol. The molecule has 28 heavy (non-hydrogen) atoms. The fourth-order valence-electron chi connectivity index (χ4n) is 2.93. The molecule has 3 heterocycles. The molecule has 0 fully saturated rings. The van der Waals surface area contributed by atoms with E-state index in [1.54, 1.807) is 33.5 Å². The summed E-state index contributed by atoms with van der Waals surface area (Å²) in [5.74, 6) is 1.36. The van der Waals surface area contributed by atoms with Gasteiger partial charge in [-0.25, -0.2) is 0 Å². The van der Waals surface area contributed by atoms with Crippen LogP contribution in [0.15, 0.2) is 75.8 Å². The van der Waals surface area contributed by atoms with Crippen LogP contribution in [0.2, 0.25) is 0 Å². The van der Waals surface area contributed by atoms with Crippen LogP contribution < -0.4 is 0 Å². The van der Waals surface area contributed by atoms with Gasteiger partial charge in [-0.05, 0) is 23.8 Å². The van der Waals surface area contributed by atoms with Gasteiger partial charge in [0.05, 0.1) is 6.21 Å². The van der Waals surface area contributed by atoms with Gasteiger partial charge in [0.2, 0.25) is 5.16 Å². The molecular formula is C19H14BrN7S. The molecule has 0 unspecified atom stereocenters. The lowest BCUT2D eigenvalue weighted by atomic mass is 10.2. The lowest BCUT2D eigenvalue weighted by molar-refractivity contribution is 0.815. The topological polar surface area (TPSA) is 76.2 Å². The van der Waals surface area contributed by atoms with Gasteiger partial charge in [-0.3, -0.25) is 0 Å². The molecule has 2 aromatic carbocycles. The van der Waals surface area contributed by atoms with E-state index in [1.807, 2.05) is 36.5 Å². The van der Waals surface area contributed by atoms with E-state index in [-0.39, 0.29) is 0 Å². The van der Waals surface area contributed by atoms with Gasteiger partial charge >= 0.3 is 0 Å². The first-order valence-electron chi connectivity index (χ1n) is 8.54. The minimum absolute atomic E-state index is 0.577. The summed E-state index contributed by atoms with van der Waals surface area (Å²) in [7, 11) is 0. The molecule has 0 radical (unpaired) electrons. The molecule has 5 aromatic rings. The third kappa shape index (κ3) is 3.23. The van der Waals surface area contributed by atoms with Crippen LogP contribution in [0.5, 0.6) is 0 Å². The SMILES string of the molecule is Brc1cccc(CSc2nnc3n(/N=C/c4c[nH]c5ccccc45)cnn23)c1. The number of rotatable bonds is 5. The first-order chi connectivity index (χ1) is 13.8. The number of halogens is 1. The van der Waals surface area contributed by atoms with Crippen molar-refractivity contribution in [1.82, 2.24) is 29.5 Å². The highest BCUT2D eigenvalue weighted by atomic mass is 79.9. The van der Waals surface area contributed by atoms with Gasteiger partial charge < -0.3 is 4.98 Å². The summed E-state index contributed by atoms with van der Waals surface area (Å²) in [6.07, 6.45) is 5.37. The Morgan fingerprint density at radius 3 is 3.00 bits per heavy atom. The third-order valence-electron chi connectivity index (χ3n) is 4.28. The quantitative estimate of drug-likeness (QED) is 0.318. The predicted octanol–water partition coefficient (Wildman–Crippen LogP) is 4.34. The van der Waals surface area contributed by atoms with Crippen molar-refractivity contribution in [2.24, 2.45) is 5.10 Å². The van der Waals surface area contributed by atoms with Crippen LogP contribution in [-0.4, -0.2) is 35.7 Å². The molecule has 0 aliphatic heterocycles. The van der Waals surface area contributed by atoms with Crippen LogP contribution in [0.4, 0.5) is 0 Å². The molecule has 5 rings (SSSR count). The highest BCUT2D eigenvalue weighted by molar-refractivity contribution is 9.10. The Balaban J connectivity index is 1.38. The molecule has 0 atom stereocenters. The summed E-state index contributed by atoms with van der Waals surface area (Å²) in [4.78, 5) is 3.24. The van der Waals surface area contributed by atoms with E-state index in [4.69, 9.17) is 0 Å². The van der Waals surface area contributed by atoms with Crippen LogP contribution in [0.1, 0.15) is 11.1 Å². The highest BCUT2D eigenvalue weighted by Crippen LogP contribution is 2.23. The van der Waals surface area contributed by atoms with E-state index in [2.05, 4.69) is 59.5 Å². The van der Waals surface area contributed by atoms with Gasteiger partial charge in [-0.2, -0.15) is 19.4 Å². The molecule has 7 nitrogen and oxygen atoms in total. The summed E-state index contributed by atoms with van der Waals surface area (Å²) in [6, 6.07) is 16.3. The Kier molecular flexibility index (Phi) is 4.46. The standard InChI is InChI=1S/C19H14BrN7S/c20-15-5-3-4-13(8-15)11-28-19-25-24-18-26(12-23-27(18)19)22-10-14-9-21-17-7-2-1-6-16(14)17/h1-10,12,21H,11H2/b22-10+. The van der Waals surface area contributed by atoms with Crippen molar-refractivity contribution in [3.63, 3.8) is 0 Å². The molecule has 1 N–H and O–H groups in total. The van der Waals surface area contributed by atoms with Crippen LogP contribution in [0.25, 0.3) is 16.7 Å². The summed E-state index contributed by atoms with van der Waals surface area (Å²) < 4.78 is 4.39. The molecule has 9 heteroatoms. The molecule has 3 aromatic heterocycles. The normalized spacial score (nSPS) is 11.9. The Bertz CT molecular complexity index is 1300. The molecule has 0 aliphatic carbocycles. The maximum atomic E-state index is 4.50. The maximum Gasteiger partial charge on any atom is 0.275 e. The highest BCUT2D eigenvalue weighted by Gasteiger charge is 2.12. The first-order valence-corrected chi connectivity index (χ1v) is 10.3. The van der Waals surface area contributed by atoms with Crippen molar-refractivity contribution in [1.29, 1.82) is 0 Å². The fraction of sp³-hybridized carbons (Fsp3) is 0.0526. The number of H-pyrrole nitrogens is 1. The summed E-state index contributed by atoms with van der Waals surface area (Å²) >= 11 is 5.08. The Hall–Kier alpha value is -2.91. The number of nitrogens with one attached hydrogen (secondary N) is 1. The zero-order chi connectivity index (χ0) is 18.9. The van der Waals surface area contributed by atoms with Gasteiger partial charge in [-0.1, -0.05) is 58.0 Å². The van der Waals surface area contributed by atoms with Gasteiger partial charge in [-0.15, -0.1) is 10.2 Å². The number of hydrogen-bond acceptors (Lipinski definition) is 5. The largest absolute Gasteiger partial charge is 0.361 e. The zero-order valence-electron chi connectivity index (χ0n) is 14.5. The maximum absolute atomic E-state index is 4.50. The minimum atomic E-state index is 0.577. The average molecular weight is 452 g/mol. The third-order valence-corrected chi connectivity index (χ3v) is 5.76. The van der Waals surface area contributed by atoms with Crippen molar-refractivity contribution in [3.8, 4) is 0 Å². The Morgan fingerprint density at radius 2 is 2.07 bits per heavy atom. The number of para-hydroxylation sites is 1. The summed E-state index contributed by atoms with van der Waals surface area (Å²) in [5, 5.41) is 19.2. The molecule has 0 saturated heterocycles. The van der Waals surface area contributed by atoms with Gasteiger partial charge in [0.1, 0.15) is 6.33 Å². The number of aromatic nitrogens is 6. The van der Waals surface area contributed by atoms with E-state index in [0.717, 1.165) is 31.8 Å². The van der Waals surface area contributed by atoms with Crippen molar-refractivity contribution in [3.05, 3.63) is 76.7 Å². The number of thioether (sulfide) groups is 1. The van der Waals surface area contributed by atoms with E-state index in [0.29, 0.717) is 5.78 Å². The van der Waals surface area contributed by atoms with E-state index < -0.39 is 0 Å². The van der Waals surface area contributed by atoms with Gasteiger partial charge in [0.25, 0.3) is 5.78 Å². The first kappa shape index (κ1) is 17.2.